The molecule has 1 atom stereocenters. The quantitative estimate of drug-likeness (QED) is 0.862. The summed E-state index contributed by atoms with van der Waals surface area (Å²) in [5, 5.41) is 10.7. The van der Waals surface area contributed by atoms with Crippen molar-refractivity contribution in [2.24, 2.45) is 0 Å². The van der Waals surface area contributed by atoms with E-state index in [1.54, 1.807) is 26.8 Å². The number of amides is 3. The van der Waals surface area contributed by atoms with Crippen LogP contribution in [0.25, 0.3) is 0 Å². The number of rotatable bonds is 4. The highest BCUT2D eigenvalue weighted by Crippen LogP contribution is 2.39. The molecular weight excluding hydrogens is 312 g/mol. The van der Waals surface area contributed by atoms with E-state index in [-0.39, 0.29) is 18.3 Å². The third kappa shape index (κ3) is 2.21. The van der Waals surface area contributed by atoms with Gasteiger partial charge in [-0.2, -0.15) is 0 Å². The molecule has 4 rings (SSSR count). The number of imide groups is 1. The predicted molar refractivity (Wildman–Crippen MR) is 80.9 cm³/mol. The Hall–Kier alpha value is -2.64. The predicted octanol–water partition coefficient (Wildman–Crippen LogP) is 2.12. The Morgan fingerprint density at radius 1 is 1.29 bits per heavy atom. The first kappa shape index (κ1) is 14.9. The highest BCUT2D eigenvalue weighted by atomic mass is 16.4. The second kappa shape index (κ2) is 4.93. The average molecular weight is 330 g/mol. The number of hydrogen-bond donors (Lipinski definition) is 1. The lowest BCUT2D eigenvalue weighted by Gasteiger charge is -2.20. The third-order valence-corrected chi connectivity index (χ3v) is 4.56. The van der Waals surface area contributed by atoms with Crippen LogP contribution < -0.4 is 5.32 Å². The molecule has 3 amide bonds. The normalized spacial score (nSPS) is 23.9. The summed E-state index contributed by atoms with van der Waals surface area (Å²) in [5.74, 6) is 2.12. The minimum atomic E-state index is -1.15. The van der Waals surface area contributed by atoms with Crippen molar-refractivity contribution < 1.29 is 18.4 Å². The second-order valence-electron chi connectivity index (χ2n) is 6.58. The van der Waals surface area contributed by atoms with Gasteiger partial charge in [-0.15, -0.1) is 10.2 Å². The molecule has 0 radical (unpaired) electrons. The molecule has 1 aliphatic heterocycles. The van der Waals surface area contributed by atoms with Crippen LogP contribution in [0.2, 0.25) is 0 Å². The Balaban J connectivity index is 1.59. The first-order valence-corrected chi connectivity index (χ1v) is 7.92. The van der Waals surface area contributed by atoms with Crippen LogP contribution in [0.5, 0.6) is 0 Å². The molecule has 8 nitrogen and oxygen atoms in total. The van der Waals surface area contributed by atoms with Crippen molar-refractivity contribution in [1.82, 2.24) is 20.4 Å². The van der Waals surface area contributed by atoms with Gasteiger partial charge in [-0.3, -0.25) is 9.69 Å². The zero-order chi connectivity index (χ0) is 17.1. The molecule has 0 bridgehead atoms. The van der Waals surface area contributed by atoms with E-state index in [4.69, 9.17) is 8.83 Å². The SMILES string of the molecule is Cc1cc([C@@]2(C)NC(=O)N(Cc3nnc(C4CC4)o3)C2=O)c(C)o1. The van der Waals surface area contributed by atoms with Crippen LogP contribution in [0.1, 0.15) is 54.5 Å². The molecule has 0 spiro atoms. The van der Waals surface area contributed by atoms with Gasteiger partial charge in [0.25, 0.3) is 5.91 Å². The van der Waals surface area contributed by atoms with Crippen molar-refractivity contribution in [3.05, 3.63) is 34.9 Å². The van der Waals surface area contributed by atoms with Gasteiger partial charge >= 0.3 is 6.03 Å². The summed E-state index contributed by atoms with van der Waals surface area (Å²) >= 11 is 0. The summed E-state index contributed by atoms with van der Waals surface area (Å²) in [6.07, 6.45) is 2.09. The average Bonchev–Trinajstić information content (AvgIpc) is 3.11. The number of carbonyl (C=O) groups is 2. The van der Waals surface area contributed by atoms with E-state index in [0.29, 0.717) is 28.9 Å². The Labute approximate surface area is 138 Å². The molecule has 1 N–H and O–H groups in total. The summed E-state index contributed by atoms with van der Waals surface area (Å²) in [6, 6.07) is 1.29. The maximum absolute atomic E-state index is 12.9. The number of aryl methyl sites for hydroxylation is 2. The number of urea groups is 1. The van der Waals surface area contributed by atoms with E-state index in [2.05, 4.69) is 15.5 Å². The van der Waals surface area contributed by atoms with Crippen LogP contribution in [0, 0.1) is 13.8 Å². The highest BCUT2D eigenvalue weighted by Gasteiger charge is 2.51. The van der Waals surface area contributed by atoms with Gasteiger partial charge in [-0.25, -0.2) is 4.79 Å². The van der Waals surface area contributed by atoms with E-state index < -0.39 is 11.6 Å². The standard InChI is InChI=1S/C16H18N4O4/c1-8-6-11(9(2)23-8)16(3)14(21)20(15(22)17-16)7-12-18-19-13(24-12)10-4-5-10/h6,10H,4-5,7H2,1-3H3,(H,17,22)/t16-/m1/s1. The molecule has 2 aromatic heterocycles. The number of furan rings is 1. The van der Waals surface area contributed by atoms with E-state index in [1.807, 2.05) is 0 Å². The zero-order valence-corrected chi connectivity index (χ0v) is 13.8. The molecule has 2 aliphatic rings. The molecule has 3 heterocycles. The smallest absolute Gasteiger partial charge is 0.325 e. The van der Waals surface area contributed by atoms with Gasteiger partial charge in [0.2, 0.25) is 11.8 Å². The fraction of sp³-hybridized carbons (Fsp3) is 0.500. The number of carbonyl (C=O) groups excluding carboxylic acids is 2. The van der Waals surface area contributed by atoms with E-state index in [1.165, 1.54) is 0 Å². The van der Waals surface area contributed by atoms with Crippen LogP contribution in [0.3, 0.4) is 0 Å². The fourth-order valence-electron chi connectivity index (χ4n) is 3.11. The van der Waals surface area contributed by atoms with Crippen LogP contribution in [-0.4, -0.2) is 27.0 Å². The topological polar surface area (TPSA) is 101 Å². The van der Waals surface area contributed by atoms with Crippen molar-refractivity contribution in [2.45, 2.75) is 51.6 Å². The number of nitrogens with zero attached hydrogens (tertiary/aromatic N) is 3. The van der Waals surface area contributed by atoms with Gasteiger partial charge in [0, 0.05) is 11.5 Å². The molecule has 2 fully saturated rings. The van der Waals surface area contributed by atoms with Crippen LogP contribution in [0.15, 0.2) is 14.9 Å². The summed E-state index contributed by atoms with van der Waals surface area (Å²) < 4.78 is 11.1. The van der Waals surface area contributed by atoms with Crippen LogP contribution >= 0.6 is 0 Å². The Bertz CT molecular complexity index is 835. The van der Waals surface area contributed by atoms with Gasteiger partial charge in [0.05, 0.1) is 0 Å². The minimum Gasteiger partial charge on any atom is -0.466 e. The molecule has 24 heavy (non-hydrogen) atoms. The molecule has 1 saturated carbocycles. The third-order valence-electron chi connectivity index (χ3n) is 4.56. The molecule has 1 saturated heterocycles. The van der Waals surface area contributed by atoms with Crippen molar-refractivity contribution in [3.8, 4) is 0 Å². The van der Waals surface area contributed by atoms with Gasteiger partial charge in [-0.1, -0.05) is 0 Å². The maximum Gasteiger partial charge on any atom is 0.325 e. The lowest BCUT2D eigenvalue weighted by Crippen LogP contribution is -2.41. The minimum absolute atomic E-state index is 0.0319. The summed E-state index contributed by atoms with van der Waals surface area (Å²) in [5.41, 5.74) is -0.497. The highest BCUT2D eigenvalue weighted by molar-refractivity contribution is 6.07. The summed E-state index contributed by atoms with van der Waals surface area (Å²) in [6.45, 7) is 5.22. The first-order valence-electron chi connectivity index (χ1n) is 7.92. The van der Waals surface area contributed by atoms with Crippen LogP contribution in [-0.2, 0) is 16.9 Å². The molecule has 2 aromatic rings. The largest absolute Gasteiger partial charge is 0.466 e. The van der Waals surface area contributed by atoms with Gasteiger partial charge in [0.1, 0.15) is 23.6 Å². The zero-order valence-electron chi connectivity index (χ0n) is 13.8. The maximum atomic E-state index is 12.9. The number of nitrogens with one attached hydrogen (secondary N) is 1. The monoisotopic (exact) mass is 330 g/mol. The fourth-order valence-corrected chi connectivity index (χ4v) is 3.11. The number of aromatic nitrogens is 2. The van der Waals surface area contributed by atoms with Crippen molar-refractivity contribution in [1.29, 1.82) is 0 Å². The van der Waals surface area contributed by atoms with E-state index in [0.717, 1.165) is 17.7 Å². The first-order chi connectivity index (χ1) is 11.4. The van der Waals surface area contributed by atoms with Crippen LogP contribution in [0.4, 0.5) is 4.79 Å². The van der Waals surface area contributed by atoms with E-state index in [9.17, 15) is 9.59 Å². The molecule has 126 valence electrons. The molecule has 0 aromatic carbocycles. The molecular formula is C16H18N4O4. The molecule has 1 aliphatic carbocycles. The van der Waals surface area contributed by atoms with E-state index >= 15 is 0 Å². The second-order valence-corrected chi connectivity index (χ2v) is 6.58. The van der Waals surface area contributed by atoms with Gasteiger partial charge < -0.3 is 14.2 Å². The lowest BCUT2D eigenvalue weighted by molar-refractivity contribution is -0.131. The molecule has 0 unspecified atom stereocenters. The summed E-state index contributed by atoms with van der Waals surface area (Å²) in [7, 11) is 0. The van der Waals surface area contributed by atoms with Crippen molar-refractivity contribution in [3.63, 3.8) is 0 Å². The van der Waals surface area contributed by atoms with Crippen molar-refractivity contribution >= 4 is 11.9 Å². The van der Waals surface area contributed by atoms with Gasteiger partial charge in [0.15, 0.2) is 0 Å². The Morgan fingerprint density at radius 2 is 2.04 bits per heavy atom. The number of hydrogen-bond acceptors (Lipinski definition) is 6. The molecule has 8 heteroatoms. The van der Waals surface area contributed by atoms with Gasteiger partial charge in [-0.05, 0) is 39.7 Å². The Kier molecular flexibility index (Phi) is 3.06. The summed E-state index contributed by atoms with van der Waals surface area (Å²) in [4.78, 5) is 26.3. The lowest BCUT2D eigenvalue weighted by atomic mass is 9.92. The Morgan fingerprint density at radius 3 is 2.67 bits per heavy atom. The van der Waals surface area contributed by atoms with Crippen molar-refractivity contribution in [2.75, 3.05) is 0 Å².